The number of para-hydroxylation sites is 1. The van der Waals surface area contributed by atoms with Crippen LogP contribution in [0.4, 0.5) is 4.79 Å². The molecular formula is C22H33N3O5. The number of nitrogens with one attached hydrogen (secondary N) is 2. The number of nitrogens with zero attached hydrogens (tertiary/aromatic N) is 1. The van der Waals surface area contributed by atoms with E-state index in [1.165, 1.54) is 4.90 Å². The molecule has 1 aromatic carbocycles. The van der Waals surface area contributed by atoms with Crippen molar-refractivity contribution in [2.24, 2.45) is 0 Å². The minimum absolute atomic E-state index is 0.0273. The van der Waals surface area contributed by atoms with Crippen LogP contribution < -0.4 is 15.6 Å². The zero-order valence-corrected chi connectivity index (χ0v) is 18.7. The highest BCUT2D eigenvalue weighted by Gasteiger charge is 2.29. The maximum Gasteiger partial charge on any atom is 0.426 e. The summed E-state index contributed by atoms with van der Waals surface area (Å²) in [6.45, 7) is 12.3. The lowest BCUT2D eigenvalue weighted by atomic mass is 9.86. The van der Waals surface area contributed by atoms with Crippen molar-refractivity contribution in [3.8, 4) is 5.75 Å². The van der Waals surface area contributed by atoms with Crippen LogP contribution >= 0.6 is 0 Å². The zero-order chi connectivity index (χ0) is 22.5. The van der Waals surface area contributed by atoms with Crippen LogP contribution in [0.1, 0.15) is 59.9 Å². The van der Waals surface area contributed by atoms with Crippen molar-refractivity contribution in [3.63, 3.8) is 0 Å². The van der Waals surface area contributed by atoms with Crippen LogP contribution in [0, 0.1) is 0 Å². The molecule has 8 nitrogen and oxygen atoms in total. The average molecular weight is 420 g/mol. The minimum Gasteiger partial charge on any atom is -0.490 e. The van der Waals surface area contributed by atoms with E-state index in [0.29, 0.717) is 25.9 Å². The summed E-state index contributed by atoms with van der Waals surface area (Å²) in [5, 5.41) is 0. The monoisotopic (exact) mass is 419 g/mol. The van der Waals surface area contributed by atoms with Crippen molar-refractivity contribution in [3.05, 3.63) is 29.8 Å². The Morgan fingerprint density at radius 2 is 1.57 bits per heavy atom. The first kappa shape index (κ1) is 23.5. The van der Waals surface area contributed by atoms with Crippen molar-refractivity contribution in [1.82, 2.24) is 15.8 Å². The highest BCUT2D eigenvalue weighted by molar-refractivity contribution is 6.35. The number of ether oxygens (including phenoxy) is 2. The Labute approximate surface area is 178 Å². The first-order valence-electron chi connectivity index (χ1n) is 10.2. The van der Waals surface area contributed by atoms with Crippen molar-refractivity contribution >= 4 is 17.9 Å². The van der Waals surface area contributed by atoms with Gasteiger partial charge in [0.2, 0.25) is 0 Å². The number of hydrogen-bond donors (Lipinski definition) is 2. The van der Waals surface area contributed by atoms with E-state index in [1.54, 1.807) is 20.8 Å². The molecule has 0 aliphatic carbocycles. The highest BCUT2D eigenvalue weighted by atomic mass is 16.6. The van der Waals surface area contributed by atoms with E-state index >= 15 is 0 Å². The van der Waals surface area contributed by atoms with Gasteiger partial charge in [-0.3, -0.25) is 15.0 Å². The van der Waals surface area contributed by atoms with Gasteiger partial charge in [-0.2, -0.15) is 0 Å². The van der Waals surface area contributed by atoms with Gasteiger partial charge in [-0.05, 0) is 37.8 Å². The largest absolute Gasteiger partial charge is 0.490 e. The van der Waals surface area contributed by atoms with Crippen LogP contribution in [0.15, 0.2) is 24.3 Å². The number of hydrazine groups is 1. The van der Waals surface area contributed by atoms with Crippen LogP contribution in [-0.2, 0) is 19.7 Å². The van der Waals surface area contributed by atoms with Crippen LogP contribution in [-0.4, -0.2) is 47.6 Å². The molecule has 2 rings (SSSR count). The Balaban J connectivity index is 1.84. The molecule has 30 heavy (non-hydrogen) atoms. The number of hydrogen-bond acceptors (Lipinski definition) is 5. The van der Waals surface area contributed by atoms with Crippen LogP contribution in [0.5, 0.6) is 5.75 Å². The van der Waals surface area contributed by atoms with Crippen LogP contribution in [0.25, 0.3) is 0 Å². The van der Waals surface area contributed by atoms with E-state index < -0.39 is 23.5 Å². The van der Waals surface area contributed by atoms with E-state index in [9.17, 15) is 14.4 Å². The third-order valence-electron chi connectivity index (χ3n) is 4.59. The number of rotatable bonds is 2. The first-order valence-corrected chi connectivity index (χ1v) is 10.2. The lowest BCUT2D eigenvalue weighted by Crippen LogP contribution is -2.52. The Hall–Kier alpha value is -2.77. The zero-order valence-electron chi connectivity index (χ0n) is 18.7. The topological polar surface area (TPSA) is 97.0 Å². The van der Waals surface area contributed by atoms with Gasteiger partial charge < -0.3 is 14.4 Å². The number of benzene rings is 1. The summed E-state index contributed by atoms with van der Waals surface area (Å²) in [4.78, 5) is 37.4. The smallest absolute Gasteiger partial charge is 0.426 e. The SMILES string of the molecule is CC(C)(C)OC(=O)NNC(=O)C(=O)N1CCC(Oc2ccccc2C(C)(C)C)CC1. The molecule has 0 aromatic heterocycles. The molecule has 0 atom stereocenters. The molecule has 0 saturated carbocycles. The second-order valence-corrected chi connectivity index (χ2v) is 9.44. The van der Waals surface area contributed by atoms with E-state index in [4.69, 9.17) is 9.47 Å². The van der Waals surface area contributed by atoms with E-state index in [0.717, 1.165) is 11.3 Å². The van der Waals surface area contributed by atoms with Crippen LogP contribution in [0.2, 0.25) is 0 Å². The van der Waals surface area contributed by atoms with E-state index in [-0.39, 0.29) is 11.5 Å². The summed E-state index contributed by atoms with van der Waals surface area (Å²) in [6.07, 6.45) is 0.391. The lowest BCUT2D eigenvalue weighted by Gasteiger charge is -2.33. The normalized spacial score (nSPS) is 15.3. The van der Waals surface area contributed by atoms with Gasteiger partial charge >= 0.3 is 17.9 Å². The third kappa shape index (κ3) is 6.93. The Morgan fingerprint density at radius 3 is 2.13 bits per heavy atom. The molecule has 1 heterocycles. The van der Waals surface area contributed by atoms with Gasteiger partial charge in [-0.15, -0.1) is 0 Å². The fraction of sp³-hybridized carbons (Fsp3) is 0.591. The molecule has 0 bridgehead atoms. The first-order chi connectivity index (χ1) is 13.9. The van der Waals surface area contributed by atoms with Gasteiger partial charge in [-0.1, -0.05) is 39.0 Å². The van der Waals surface area contributed by atoms with Gasteiger partial charge in [0.05, 0.1) is 0 Å². The second kappa shape index (κ2) is 9.36. The van der Waals surface area contributed by atoms with Gasteiger partial charge in [0.1, 0.15) is 17.5 Å². The molecule has 1 aliphatic heterocycles. The molecule has 1 saturated heterocycles. The molecule has 166 valence electrons. The summed E-state index contributed by atoms with van der Waals surface area (Å²) in [5.41, 5.74) is 4.58. The van der Waals surface area contributed by atoms with Crippen molar-refractivity contribution in [2.45, 2.75) is 71.5 Å². The van der Waals surface area contributed by atoms with Gasteiger partial charge in [0.15, 0.2) is 0 Å². The molecule has 2 N–H and O–H groups in total. The Kier molecular flexibility index (Phi) is 7.34. The average Bonchev–Trinajstić information content (AvgIpc) is 2.64. The van der Waals surface area contributed by atoms with Gasteiger partial charge in [-0.25, -0.2) is 10.2 Å². The lowest BCUT2D eigenvalue weighted by molar-refractivity contribution is -0.147. The quantitative estimate of drug-likeness (QED) is 0.568. The maximum absolute atomic E-state index is 12.3. The second-order valence-electron chi connectivity index (χ2n) is 9.44. The number of carbonyl (C=O) groups is 3. The molecule has 1 aliphatic rings. The molecular weight excluding hydrogens is 386 g/mol. The molecule has 0 radical (unpaired) electrons. The number of amides is 3. The molecule has 0 spiro atoms. The summed E-state index contributed by atoms with van der Waals surface area (Å²) in [5.74, 6) is -0.744. The number of piperidine rings is 1. The van der Waals surface area contributed by atoms with Crippen molar-refractivity contribution in [2.75, 3.05) is 13.1 Å². The summed E-state index contributed by atoms with van der Waals surface area (Å²) < 4.78 is 11.2. The molecule has 3 amide bonds. The standard InChI is InChI=1S/C22H33N3O5/c1-21(2,3)16-9-7-8-10-17(16)29-15-11-13-25(14-12-15)19(27)18(26)23-24-20(28)30-22(4,5)6/h7-10,15H,11-14H2,1-6H3,(H,23,26)(H,24,28). The fourth-order valence-corrected chi connectivity index (χ4v) is 3.15. The summed E-state index contributed by atoms with van der Waals surface area (Å²) >= 11 is 0. The van der Waals surface area contributed by atoms with E-state index in [2.05, 4.69) is 37.7 Å². The fourth-order valence-electron chi connectivity index (χ4n) is 3.15. The molecule has 0 unspecified atom stereocenters. The van der Waals surface area contributed by atoms with Gasteiger partial charge in [0, 0.05) is 25.9 Å². The van der Waals surface area contributed by atoms with Crippen molar-refractivity contribution < 1.29 is 23.9 Å². The van der Waals surface area contributed by atoms with Crippen molar-refractivity contribution in [1.29, 1.82) is 0 Å². The molecule has 8 heteroatoms. The third-order valence-corrected chi connectivity index (χ3v) is 4.59. The van der Waals surface area contributed by atoms with E-state index in [1.807, 2.05) is 18.2 Å². The molecule has 1 aromatic rings. The van der Waals surface area contributed by atoms with Crippen LogP contribution in [0.3, 0.4) is 0 Å². The minimum atomic E-state index is -0.904. The molecule has 1 fully saturated rings. The predicted octanol–water partition coefficient (Wildman–Crippen LogP) is 2.91. The Morgan fingerprint density at radius 1 is 0.967 bits per heavy atom. The Bertz CT molecular complexity index is 772. The van der Waals surface area contributed by atoms with Gasteiger partial charge in [0.25, 0.3) is 0 Å². The summed E-state index contributed by atoms with van der Waals surface area (Å²) in [7, 11) is 0. The summed E-state index contributed by atoms with van der Waals surface area (Å²) in [6, 6.07) is 7.98. The number of carbonyl (C=O) groups excluding carboxylic acids is 3. The number of likely N-dealkylation sites (tertiary alicyclic amines) is 1. The predicted molar refractivity (Wildman–Crippen MR) is 113 cm³/mol. The highest BCUT2D eigenvalue weighted by Crippen LogP contribution is 2.32. The maximum atomic E-state index is 12.3.